The molecule has 0 amide bonds. The van der Waals surface area contributed by atoms with Crippen molar-refractivity contribution in [1.29, 1.82) is 0 Å². The second kappa shape index (κ2) is 4.26. The molecule has 0 saturated heterocycles. The van der Waals surface area contributed by atoms with E-state index in [0.717, 1.165) is 5.56 Å². The number of Topliss-reactive ketones (excluding diaryl/α,β-unsaturated/α-hetero) is 1. The fourth-order valence-corrected chi connectivity index (χ4v) is 1.85. The maximum absolute atomic E-state index is 12.0. The molecule has 0 bridgehead atoms. The summed E-state index contributed by atoms with van der Waals surface area (Å²) in [6, 6.07) is 5.37. The minimum absolute atomic E-state index is 0.00463. The molecular weight excluding hydrogens is 202 g/mol. The van der Waals surface area contributed by atoms with Crippen molar-refractivity contribution in [3.8, 4) is 5.75 Å². The number of carbonyl (C=O) groups is 1. The maximum atomic E-state index is 12.0. The van der Waals surface area contributed by atoms with Gasteiger partial charge in [-0.1, -0.05) is 19.9 Å². The summed E-state index contributed by atoms with van der Waals surface area (Å²) >= 11 is 0. The van der Waals surface area contributed by atoms with E-state index < -0.39 is 6.04 Å². The molecule has 1 atom stereocenters. The smallest absolute Gasteiger partial charge is 0.183 e. The van der Waals surface area contributed by atoms with E-state index in [-0.39, 0.29) is 5.78 Å². The molecular formula is C13H17NO2. The summed E-state index contributed by atoms with van der Waals surface area (Å²) < 4.78 is 5.52. The van der Waals surface area contributed by atoms with Crippen LogP contribution in [0.15, 0.2) is 18.2 Å². The summed E-state index contributed by atoms with van der Waals surface area (Å²) in [4.78, 5) is 12.0. The first kappa shape index (κ1) is 11.1. The molecule has 2 rings (SSSR count). The molecule has 1 aromatic rings. The van der Waals surface area contributed by atoms with Gasteiger partial charge in [0.1, 0.15) is 5.75 Å². The Morgan fingerprint density at radius 1 is 1.44 bits per heavy atom. The van der Waals surface area contributed by atoms with Crippen LogP contribution >= 0.6 is 0 Å². The van der Waals surface area contributed by atoms with Gasteiger partial charge in [-0.3, -0.25) is 4.79 Å². The molecule has 0 fully saturated rings. The molecule has 1 aromatic carbocycles. The molecule has 1 aliphatic rings. The van der Waals surface area contributed by atoms with Crippen molar-refractivity contribution in [3.63, 3.8) is 0 Å². The zero-order valence-corrected chi connectivity index (χ0v) is 9.69. The Kier molecular flexibility index (Phi) is 2.97. The number of nitrogens with two attached hydrogens (primary N) is 1. The second-order valence-corrected chi connectivity index (χ2v) is 4.52. The summed E-state index contributed by atoms with van der Waals surface area (Å²) in [5, 5.41) is 0. The molecule has 0 radical (unpaired) electrons. The molecule has 1 unspecified atom stereocenters. The standard InChI is InChI=1S/C13H17NO2/c1-8(2)9-3-4-12-10(7-9)13(15)11(14)5-6-16-12/h3-4,7-8,11H,5-6,14H2,1-2H3. The van der Waals surface area contributed by atoms with Crippen LogP contribution in [-0.2, 0) is 0 Å². The third-order valence-corrected chi connectivity index (χ3v) is 2.96. The monoisotopic (exact) mass is 219 g/mol. The van der Waals surface area contributed by atoms with Crippen molar-refractivity contribution >= 4 is 5.78 Å². The van der Waals surface area contributed by atoms with Crippen molar-refractivity contribution in [3.05, 3.63) is 29.3 Å². The van der Waals surface area contributed by atoms with Gasteiger partial charge in [0.05, 0.1) is 18.2 Å². The average Bonchev–Trinajstić information content (AvgIpc) is 2.40. The van der Waals surface area contributed by atoms with Crippen LogP contribution in [0, 0.1) is 0 Å². The van der Waals surface area contributed by atoms with Crippen molar-refractivity contribution in [2.24, 2.45) is 5.73 Å². The normalized spacial score (nSPS) is 20.2. The summed E-state index contributed by atoms with van der Waals surface area (Å²) in [5.74, 6) is 1.06. The van der Waals surface area contributed by atoms with Crippen LogP contribution < -0.4 is 10.5 Å². The van der Waals surface area contributed by atoms with Gasteiger partial charge in [-0.2, -0.15) is 0 Å². The fraction of sp³-hybridized carbons (Fsp3) is 0.462. The number of ether oxygens (including phenoxy) is 1. The van der Waals surface area contributed by atoms with Crippen LogP contribution in [0.5, 0.6) is 5.75 Å². The summed E-state index contributed by atoms with van der Waals surface area (Å²) in [5.41, 5.74) is 7.57. The number of hydrogen-bond donors (Lipinski definition) is 1. The zero-order chi connectivity index (χ0) is 11.7. The van der Waals surface area contributed by atoms with Crippen LogP contribution in [-0.4, -0.2) is 18.4 Å². The summed E-state index contributed by atoms with van der Waals surface area (Å²) in [6.45, 7) is 4.72. The van der Waals surface area contributed by atoms with Gasteiger partial charge in [0.2, 0.25) is 0 Å². The summed E-state index contributed by atoms with van der Waals surface area (Å²) in [6.07, 6.45) is 0.588. The zero-order valence-electron chi connectivity index (χ0n) is 9.69. The maximum Gasteiger partial charge on any atom is 0.183 e. The van der Waals surface area contributed by atoms with E-state index in [0.29, 0.717) is 30.3 Å². The highest BCUT2D eigenvalue weighted by Gasteiger charge is 2.23. The lowest BCUT2D eigenvalue weighted by Crippen LogP contribution is -2.30. The number of hydrogen-bond acceptors (Lipinski definition) is 3. The number of fused-ring (bicyclic) bond motifs is 1. The average molecular weight is 219 g/mol. The molecule has 1 aliphatic heterocycles. The number of carbonyl (C=O) groups excluding carboxylic acids is 1. The molecule has 3 nitrogen and oxygen atoms in total. The molecule has 0 aliphatic carbocycles. The van der Waals surface area contributed by atoms with E-state index in [1.54, 1.807) is 0 Å². The van der Waals surface area contributed by atoms with Gasteiger partial charge in [-0.05, 0) is 23.6 Å². The Labute approximate surface area is 95.6 Å². The molecule has 0 aromatic heterocycles. The van der Waals surface area contributed by atoms with Gasteiger partial charge in [-0.15, -0.1) is 0 Å². The van der Waals surface area contributed by atoms with Crippen LogP contribution in [0.1, 0.15) is 42.1 Å². The molecule has 2 N–H and O–H groups in total. The van der Waals surface area contributed by atoms with E-state index in [1.165, 1.54) is 0 Å². The van der Waals surface area contributed by atoms with Gasteiger partial charge in [-0.25, -0.2) is 0 Å². The van der Waals surface area contributed by atoms with E-state index in [4.69, 9.17) is 10.5 Å². The van der Waals surface area contributed by atoms with E-state index >= 15 is 0 Å². The highest BCUT2D eigenvalue weighted by Crippen LogP contribution is 2.27. The van der Waals surface area contributed by atoms with E-state index in [2.05, 4.69) is 13.8 Å². The Morgan fingerprint density at radius 3 is 2.88 bits per heavy atom. The predicted molar refractivity (Wildman–Crippen MR) is 62.9 cm³/mol. The predicted octanol–water partition coefficient (Wildman–Crippen LogP) is 2.10. The first-order chi connectivity index (χ1) is 7.59. The fourth-order valence-electron chi connectivity index (χ4n) is 1.85. The van der Waals surface area contributed by atoms with Crippen molar-refractivity contribution in [1.82, 2.24) is 0 Å². The number of rotatable bonds is 1. The van der Waals surface area contributed by atoms with E-state index in [9.17, 15) is 4.79 Å². The van der Waals surface area contributed by atoms with Gasteiger partial charge in [0, 0.05) is 6.42 Å². The minimum atomic E-state index is -0.427. The Morgan fingerprint density at radius 2 is 2.19 bits per heavy atom. The highest BCUT2D eigenvalue weighted by molar-refractivity contribution is 6.02. The van der Waals surface area contributed by atoms with Gasteiger partial charge >= 0.3 is 0 Å². The van der Waals surface area contributed by atoms with Crippen LogP contribution in [0.25, 0.3) is 0 Å². The number of ketones is 1. The highest BCUT2D eigenvalue weighted by atomic mass is 16.5. The van der Waals surface area contributed by atoms with Crippen LogP contribution in [0.2, 0.25) is 0 Å². The molecule has 0 saturated carbocycles. The van der Waals surface area contributed by atoms with Gasteiger partial charge in [0.25, 0.3) is 0 Å². The summed E-state index contributed by atoms with van der Waals surface area (Å²) in [7, 11) is 0. The molecule has 3 heteroatoms. The van der Waals surface area contributed by atoms with Crippen LogP contribution in [0.4, 0.5) is 0 Å². The lowest BCUT2D eigenvalue weighted by Gasteiger charge is -2.11. The van der Waals surface area contributed by atoms with Crippen molar-refractivity contribution in [2.75, 3.05) is 6.61 Å². The third-order valence-electron chi connectivity index (χ3n) is 2.96. The number of benzene rings is 1. The first-order valence-electron chi connectivity index (χ1n) is 5.66. The Hall–Kier alpha value is -1.35. The first-order valence-corrected chi connectivity index (χ1v) is 5.66. The minimum Gasteiger partial charge on any atom is -0.493 e. The SMILES string of the molecule is CC(C)c1ccc2c(c1)C(=O)C(N)CCO2. The molecule has 86 valence electrons. The van der Waals surface area contributed by atoms with Gasteiger partial charge < -0.3 is 10.5 Å². The Balaban J connectivity index is 2.46. The van der Waals surface area contributed by atoms with Crippen LogP contribution in [0.3, 0.4) is 0 Å². The van der Waals surface area contributed by atoms with Crippen molar-refractivity contribution < 1.29 is 9.53 Å². The van der Waals surface area contributed by atoms with Gasteiger partial charge in [0.15, 0.2) is 5.78 Å². The molecule has 16 heavy (non-hydrogen) atoms. The topological polar surface area (TPSA) is 52.3 Å². The Bertz CT molecular complexity index is 412. The lowest BCUT2D eigenvalue weighted by atomic mass is 9.96. The molecule has 1 heterocycles. The molecule has 0 spiro atoms. The second-order valence-electron chi connectivity index (χ2n) is 4.52. The lowest BCUT2D eigenvalue weighted by molar-refractivity contribution is 0.0960. The van der Waals surface area contributed by atoms with Crippen molar-refractivity contribution in [2.45, 2.75) is 32.2 Å². The van der Waals surface area contributed by atoms with E-state index in [1.807, 2.05) is 18.2 Å². The third kappa shape index (κ3) is 1.95. The largest absolute Gasteiger partial charge is 0.493 e. The quantitative estimate of drug-likeness (QED) is 0.787.